The number of hydrogen-bond acceptors (Lipinski definition) is 4. The minimum absolute atomic E-state index is 0.111. The van der Waals surface area contributed by atoms with Crippen LogP contribution in [0, 0.1) is 0 Å². The van der Waals surface area contributed by atoms with Gasteiger partial charge < -0.3 is 15.2 Å². The monoisotopic (exact) mass is 272 g/mol. The number of nitrogens with one attached hydrogen (secondary N) is 1. The van der Waals surface area contributed by atoms with Gasteiger partial charge in [0.05, 0.1) is 11.6 Å². The van der Waals surface area contributed by atoms with Gasteiger partial charge in [-0.3, -0.25) is 4.98 Å². The van der Waals surface area contributed by atoms with Crippen LogP contribution in [0.4, 0.5) is 0 Å². The molecule has 2 atom stereocenters. The molecule has 0 radical (unpaired) electrons. The number of aromatic nitrogens is 1. The Hall–Kier alpha value is -1.49. The summed E-state index contributed by atoms with van der Waals surface area (Å²) in [7, 11) is 0. The van der Waals surface area contributed by atoms with Crippen molar-refractivity contribution in [1.29, 1.82) is 0 Å². The lowest BCUT2D eigenvalue weighted by molar-refractivity contribution is -0.0262. The van der Waals surface area contributed by atoms with Crippen LogP contribution in [0.2, 0.25) is 0 Å². The Morgan fingerprint density at radius 3 is 3.05 bits per heavy atom. The van der Waals surface area contributed by atoms with Crippen molar-refractivity contribution in [1.82, 2.24) is 10.3 Å². The van der Waals surface area contributed by atoms with E-state index in [1.54, 1.807) is 0 Å². The molecule has 4 nitrogen and oxygen atoms in total. The number of fused-ring (bicyclic) bond motifs is 1. The van der Waals surface area contributed by atoms with Crippen LogP contribution in [-0.4, -0.2) is 34.9 Å². The van der Waals surface area contributed by atoms with Crippen LogP contribution in [0.25, 0.3) is 10.9 Å². The quantitative estimate of drug-likeness (QED) is 0.892. The Morgan fingerprint density at radius 2 is 2.25 bits per heavy atom. The van der Waals surface area contributed by atoms with Gasteiger partial charge in [-0.25, -0.2) is 0 Å². The third kappa shape index (κ3) is 2.54. The van der Waals surface area contributed by atoms with Crippen LogP contribution in [0.3, 0.4) is 0 Å². The number of ether oxygens (including phenoxy) is 1. The Labute approximate surface area is 118 Å². The smallest absolute Gasteiger partial charge is 0.105 e. The summed E-state index contributed by atoms with van der Waals surface area (Å²) in [5.41, 5.74) is 1.42. The zero-order valence-corrected chi connectivity index (χ0v) is 11.7. The molecular weight excluding hydrogens is 252 g/mol. The van der Waals surface area contributed by atoms with E-state index in [0.717, 1.165) is 16.5 Å². The Balaban J connectivity index is 1.69. The topological polar surface area (TPSA) is 54.4 Å². The molecular formula is C16H20N2O2. The summed E-state index contributed by atoms with van der Waals surface area (Å²) in [6.07, 6.45) is 2.39. The summed E-state index contributed by atoms with van der Waals surface area (Å²) in [5.74, 6) is 0. The Bertz CT molecular complexity index is 597. The molecule has 4 heteroatoms. The number of benzene rings is 1. The minimum atomic E-state index is -0.752. The first-order chi connectivity index (χ1) is 9.69. The van der Waals surface area contributed by atoms with Gasteiger partial charge in [0.2, 0.25) is 0 Å². The first kappa shape index (κ1) is 13.5. The molecule has 1 aliphatic heterocycles. The predicted molar refractivity (Wildman–Crippen MR) is 78.4 cm³/mol. The number of hydrogen-bond donors (Lipinski definition) is 2. The van der Waals surface area contributed by atoms with Crippen LogP contribution in [0.1, 0.15) is 18.9 Å². The predicted octanol–water partition coefficient (Wildman–Crippen LogP) is 1.86. The summed E-state index contributed by atoms with van der Waals surface area (Å²) < 4.78 is 5.44. The van der Waals surface area contributed by atoms with Gasteiger partial charge >= 0.3 is 0 Å². The highest BCUT2D eigenvalue weighted by Crippen LogP contribution is 2.25. The van der Waals surface area contributed by atoms with E-state index in [0.29, 0.717) is 26.1 Å². The van der Waals surface area contributed by atoms with E-state index in [2.05, 4.69) is 28.5 Å². The number of para-hydroxylation sites is 1. The summed E-state index contributed by atoms with van der Waals surface area (Å²) in [6.45, 7) is 3.80. The first-order valence-electron chi connectivity index (χ1n) is 7.06. The van der Waals surface area contributed by atoms with Crippen molar-refractivity contribution >= 4 is 10.9 Å². The van der Waals surface area contributed by atoms with E-state index in [1.807, 2.05) is 25.3 Å². The number of rotatable bonds is 4. The largest absolute Gasteiger partial charge is 0.386 e. The van der Waals surface area contributed by atoms with Crippen molar-refractivity contribution in [2.75, 3.05) is 13.2 Å². The second kappa shape index (κ2) is 5.48. The van der Waals surface area contributed by atoms with Gasteiger partial charge in [0.15, 0.2) is 0 Å². The van der Waals surface area contributed by atoms with Crippen LogP contribution in [-0.2, 0) is 11.3 Å². The van der Waals surface area contributed by atoms with Crippen molar-refractivity contribution < 1.29 is 9.84 Å². The molecule has 2 heterocycles. The van der Waals surface area contributed by atoms with E-state index in [9.17, 15) is 5.11 Å². The second-order valence-corrected chi connectivity index (χ2v) is 5.46. The van der Waals surface area contributed by atoms with Gasteiger partial charge in [0.1, 0.15) is 5.60 Å². The molecule has 3 rings (SSSR count). The van der Waals surface area contributed by atoms with Gasteiger partial charge in [-0.2, -0.15) is 0 Å². The highest BCUT2D eigenvalue weighted by Gasteiger charge is 2.38. The standard InChI is InChI=1S/C16H20N2O2/c1-12-16(19,7-9-20-12)11-17-10-14-5-2-4-13-6-3-8-18-15(13)14/h2-6,8,12,17,19H,7,9-11H2,1H3. The molecule has 106 valence electrons. The zero-order chi connectivity index (χ0) is 14.0. The molecule has 0 saturated carbocycles. The normalized spacial score (nSPS) is 26.2. The number of pyridine rings is 1. The van der Waals surface area contributed by atoms with Crippen molar-refractivity contribution in [3.05, 3.63) is 42.1 Å². The van der Waals surface area contributed by atoms with E-state index in [1.165, 1.54) is 0 Å². The van der Waals surface area contributed by atoms with Gasteiger partial charge in [-0.15, -0.1) is 0 Å². The van der Waals surface area contributed by atoms with E-state index in [4.69, 9.17) is 4.74 Å². The van der Waals surface area contributed by atoms with E-state index < -0.39 is 5.60 Å². The fraction of sp³-hybridized carbons (Fsp3) is 0.438. The third-order valence-electron chi connectivity index (χ3n) is 4.12. The lowest BCUT2D eigenvalue weighted by atomic mass is 9.96. The van der Waals surface area contributed by atoms with Crippen molar-refractivity contribution in [2.45, 2.75) is 31.6 Å². The average Bonchev–Trinajstić information content (AvgIpc) is 2.79. The SMILES string of the molecule is CC1OCCC1(O)CNCc1cccc2cccnc12. The van der Waals surface area contributed by atoms with Crippen LogP contribution in [0.5, 0.6) is 0 Å². The molecule has 0 spiro atoms. The molecule has 0 amide bonds. The van der Waals surface area contributed by atoms with Crippen LogP contribution < -0.4 is 5.32 Å². The molecule has 1 saturated heterocycles. The van der Waals surface area contributed by atoms with Gasteiger partial charge in [-0.1, -0.05) is 24.3 Å². The average molecular weight is 272 g/mol. The van der Waals surface area contributed by atoms with Gasteiger partial charge in [-0.05, 0) is 18.6 Å². The lowest BCUT2D eigenvalue weighted by Crippen LogP contribution is -2.45. The summed E-state index contributed by atoms with van der Waals surface area (Å²) in [5, 5.41) is 14.9. The maximum atomic E-state index is 10.4. The molecule has 1 fully saturated rings. The van der Waals surface area contributed by atoms with Crippen molar-refractivity contribution in [3.63, 3.8) is 0 Å². The first-order valence-corrected chi connectivity index (χ1v) is 7.06. The number of nitrogens with zero attached hydrogens (tertiary/aromatic N) is 1. The molecule has 2 unspecified atom stereocenters. The molecule has 2 aromatic rings. The fourth-order valence-corrected chi connectivity index (χ4v) is 2.73. The van der Waals surface area contributed by atoms with Crippen LogP contribution in [0.15, 0.2) is 36.5 Å². The van der Waals surface area contributed by atoms with Crippen LogP contribution >= 0.6 is 0 Å². The molecule has 1 aromatic heterocycles. The maximum Gasteiger partial charge on any atom is 0.105 e. The zero-order valence-electron chi connectivity index (χ0n) is 11.7. The fourth-order valence-electron chi connectivity index (χ4n) is 2.73. The minimum Gasteiger partial charge on any atom is -0.386 e. The second-order valence-electron chi connectivity index (χ2n) is 5.46. The number of aliphatic hydroxyl groups is 1. The third-order valence-corrected chi connectivity index (χ3v) is 4.12. The van der Waals surface area contributed by atoms with E-state index in [-0.39, 0.29) is 6.10 Å². The van der Waals surface area contributed by atoms with Crippen molar-refractivity contribution in [3.8, 4) is 0 Å². The van der Waals surface area contributed by atoms with Crippen molar-refractivity contribution in [2.24, 2.45) is 0 Å². The summed E-state index contributed by atoms with van der Waals surface area (Å²) in [6, 6.07) is 10.2. The highest BCUT2D eigenvalue weighted by atomic mass is 16.5. The maximum absolute atomic E-state index is 10.4. The Morgan fingerprint density at radius 1 is 1.40 bits per heavy atom. The summed E-state index contributed by atoms with van der Waals surface area (Å²) in [4.78, 5) is 4.44. The Kier molecular flexibility index (Phi) is 3.70. The molecule has 1 aliphatic rings. The molecule has 1 aromatic carbocycles. The highest BCUT2D eigenvalue weighted by molar-refractivity contribution is 5.81. The molecule has 20 heavy (non-hydrogen) atoms. The molecule has 0 bridgehead atoms. The summed E-state index contributed by atoms with van der Waals surface area (Å²) >= 11 is 0. The van der Waals surface area contributed by atoms with Gasteiger partial charge in [0, 0.05) is 37.7 Å². The van der Waals surface area contributed by atoms with E-state index >= 15 is 0 Å². The molecule has 0 aliphatic carbocycles. The van der Waals surface area contributed by atoms with Gasteiger partial charge in [0.25, 0.3) is 0 Å². The molecule has 2 N–H and O–H groups in total. The lowest BCUT2D eigenvalue weighted by Gasteiger charge is -2.26.